The van der Waals surface area contributed by atoms with E-state index < -0.39 is 0 Å². The maximum Gasteiger partial charge on any atom is 0.257 e. The van der Waals surface area contributed by atoms with Gasteiger partial charge in [0.05, 0.1) is 30.2 Å². The number of anilines is 2. The van der Waals surface area contributed by atoms with Gasteiger partial charge in [-0.05, 0) is 42.5 Å². The van der Waals surface area contributed by atoms with E-state index in [2.05, 4.69) is 17.5 Å². The molecule has 6 nitrogen and oxygen atoms in total. The molecule has 1 aliphatic heterocycles. The van der Waals surface area contributed by atoms with E-state index in [-0.39, 0.29) is 47.0 Å². The van der Waals surface area contributed by atoms with Crippen LogP contribution in [-0.4, -0.2) is 24.8 Å². The van der Waals surface area contributed by atoms with Crippen LogP contribution in [0.3, 0.4) is 0 Å². The summed E-state index contributed by atoms with van der Waals surface area (Å²) in [5, 5.41) is 2.83. The van der Waals surface area contributed by atoms with Gasteiger partial charge in [0.15, 0.2) is 0 Å². The van der Waals surface area contributed by atoms with Gasteiger partial charge in [-0.3, -0.25) is 14.4 Å². The van der Waals surface area contributed by atoms with E-state index >= 15 is 0 Å². The van der Waals surface area contributed by atoms with Crippen LogP contribution >= 0.6 is 0 Å². The van der Waals surface area contributed by atoms with Crippen LogP contribution in [0.5, 0.6) is 5.75 Å². The number of fused-ring (bicyclic) bond motifs is 5. The molecule has 1 saturated carbocycles. The third-order valence-corrected chi connectivity index (χ3v) is 6.19. The van der Waals surface area contributed by atoms with Gasteiger partial charge < -0.3 is 10.1 Å². The Morgan fingerprint density at radius 3 is 2.38 bits per heavy atom. The number of allylic oxidation sites excluding steroid dienone is 2. The molecule has 4 atom stereocenters. The molecule has 1 heterocycles. The number of hydrogen-bond donors (Lipinski definition) is 1. The minimum atomic E-state index is -0.382. The molecule has 1 saturated heterocycles. The first-order valence-corrected chi connectivity index (χ1v) is 9.69. The van der Waals surface area contributed by atoms with Crippen molar-refractivity contribution in [3.8, 4) is 5.75 Å². The van der Waals surface area contributed by atoms with Gasteiger partial charge in [0.1, 0.15) is 5.75 Å². The number of imide groups is 1. The minimum absolute atomic E-state index is 0.129. The van der Waals surface area contributed by atoms with Crippen LogP contribution in [0.1, 0.15) is 16.8 Å². The highest BCUT2D eigenvalue weighted by molar-refractivity contribution is 6.25. The van der Waals surface area contributed by atoms with Crippen LogP contribution in [0.4, 0.5) is 11.4 Å². The first-order chi connectivity index (χ1) is 14.1. The summed E-state index contributed by atoms with van der Waals surface area (Å²) < 4.78 is 5.19. The van der Waals surface area contributed by atoms with Crippen molar-refractivity contribution in [1.82, 2.24) is 0 Å². The van der Waals surface area contributed by atoms with E-state index in [4.69, 9.17) is 4.74 Å². The fraction of sp³-hybridized carbons (Fsp3) is 0.261. The maximum atomic E-state index is 13.1. The van der Waals surface area contributed by atoms with E-state index in [1.54, 1.807) is 55.6 Å². The molecule has 29 heavy (non-hydrogen) atoms. The van der Waals surface area contributed by atoms with Crippen molar-refractivity contribution >= 4 is 29.1 Å². The molecule has 2 aliphatic carbocycles. The number of nitrogens with zero attached hydrogens (tertiary/aromatic N) is 1. The fourth-order valence-corrected chi connectivity index (χ4v) is 4.90. The fourth-order valence-electron chi connectivity index (χ4n) is 4.90. The number of methoxy groups -OCH3 is 1. The Hall–Kier alpha value is -3.41. The number of carbonyl (C=O) groups is 3. The zero-order chi connectivity index (χ0) is 20.1. The Kier molecular flexibility index (Phi) is 4.01. The SMILES string of the molecule is COc1cccc(NC(=O)c2ccccc2N2C(=O)[C@@H]3[C@H](C2=O)[C@H]2C=C[C@@H]3C2)c1. The number of ether oxygens (including phenoxy) is 1. The summed E-state index contributed by atoms with van der Waals surface area (Å²) in [4.78, 5) is 40.5. The number of para-hydroxylation sites is 1. The van der Waals surface area contributed by atoms with Crippen molar-refractivity contribution in [2.75, 3.05) is 17.3 Å². The molecule has 1 N–H and O–H groups in total. The van der Waals surface area contributed by atoms with Gasteiger partial charge in [0, 0.05) is 11.8 Å². The van der Waals surface area contributed by atoms with Crippen LogP contribution in [-0.2, 0) is 9.59 Å². The van der Waals surface area contributed by atoms with E-state index in [9.17, 15) is 14.4 Å². The lowest BCUT2D eigenvalue weighted by Gasteiger charge is -2.20. The number of nitrogens with one attached hydrogen (secondary N) is 1. The molecule has 0 aromatic heterocycles. The Bertz CT molecular complexity index is 1030. The van der Waals surface area contributed by atoms with Crippen molar-refractivity contribution in [2.45, 2.75) is 6.42 Å². The normalized spacial score (nSPS) is 26.7. The molecule has 3 aliphatic rings. The van der Waals surface area contributed by atoms with Crippen molar-refractivity contribution in [3.05, 3.63) is 66.2 Å². The smallest absolute Gasteiger partial charge is 0.257 e. The van der Waals surface area contributed by atoms with Crippen LogP contribution in [0.15, 0.2) is 60.7 Å². The number of hydrogen-bond acceptors (Lipinski definition) is 4. The van der Waals surface area contributed by atoms with E-state index in [0.717, 1.165) is 6.42 Å². The van der Waals surface area contributed by atoms with E-state index in [1.807, 2.05) is 0 Å². The molecule has 2 bridgehead atoms. The zero-order valence-electron chi connectivity index (χ0n) is 15.9. The summed E-state index contributed by atoms with van der Waals surface area (Å²) in [6.07, 6.45) is 4.99. The second-order valence-electron chi connectivity index (χ2n) is 7.71. The van der Waals surface area contributed by atoms with Crippen LogP contribution in [0.2, 0.25) is 0 Å². The largest absolute Gasteiger partial charge is 0.497 e. The molecule has 0 radical (unpaired) electrons. The van der Waals surface area contributed by atoms with Gasteiger partial charge in [0.25, 0.3) is 5.91 Å². The Labute approximate surface area is 168 Å². The minimum Gasteiger partial charge on any atom is -0.497 e. The van der Waals surface area contributed by atoms with Crippen molar-refractivity contribution in [2.24, 2.45) is 23.7 Å². The summed E-state index contributed by atoms with van der Waals surface area (Å²) in [7, 11) is 1.56. The number of rotatable bonds is 4. The lowest BCUT2D eigenvalue weighted by Crippen LogP contribution is -2.34. The summed E-state index contributed by atoms with van der Waals surface area (Å²) in [6.45, 7) is 0. The van der Waals surface area contributed by atoms with Crippen LogP contribution < -0.4 is 15.0 Å². The molecule has 0 spiro atoms. The molecule has 2 fully saturated rings. The predicted octanol–water partition coefficient (Wildman–Crippen LogP) is 3.26. The third kappa shape index (κ3) is 2.67. The van der Waals surface area contributed by atoms with E-state index in [0.29, 0.717) is 17.1 Å². The van der Waals surface area contributed by atoms with Gasteiger partial charge in [-0.2, -0.15) is 0 Å². The molecule has 6 heteroatoms. The molecule has 2 aromatic rings. The van der Waals surface area contributed by atoms with Gasteiger partial charge in [0.2, 0.25) is 11.8 Å². The maximum absolute atomic E-state index is 13.1. The molecule has 3 amide bonds. The highest BCUT2D eigenvalue weighted by Gasteiger charge is 2.59. The quantitative estimate of drug-likeness (QED) is 0.644. The average molecular weight is 388 g/mol. The third-order valence-electron chi connectivity index (χ3n) is 6.19. The zero-order valence-corrected chi connectivity index (χ0v) is 15.9. The van der Waals surface area contributed by atoms with Crippen molar-refractivity contribution < 1.29 is 19.1 Å². The summed E-state index contributed by atoms with van der Waals surface area (Å²) in [5.74, 6) is -0.492. The van der Waals surface area contributed by atoms with Gasteiger partial charge in [-0.15, -0.1) is 0 Å². The highest BCUT2D eigenvalue weighted by Crippen LogP contribution is 2.53. The molecule has 146 valence electrons. The topological polar surface area (TPSA) is 75.7 Å². The number of carbonyl (C=O) groups excluding carboxylic acids is 3. The summed E-state index contributed by atoms with van der Waals surface area (Å²) in [6, 6.07) is 13.8. The Morgan fingerprint density at radius 2 is 1.69 bits per heavy atom. The Morgan fingerprint density at radius 1 is 1.00 bits per heavy atom. The average Bonchev–Trinajstić information content (AvgIpc) is 3.42. The van der Waals surface area contributed by atoms with Gasteiger partial charge in [-0.25, -0.2) is 4.90 Å². The van der Waals surface area contributed by atoms with Crippen molar-refractivity contribution in [1.29, 1.82) is 0 Å². The molecular formula is C23H20N2O4. The number of benzene rings is 2. The summed E-state index contributed by atoms with van der Waals surface area (Å²) in [5.41, 5.74) is 1.20. The number of amides is 3. The second-order valence-corrected chi connectivity index (χ2v) is 7.71. The molecule has 5 rings (SSSR count). The van der Waals surface area contributed by atoms with Gasteiger partial charge >= 0.3 is 0 Å². The Balaban J connectivity index is 1.46. The van der Waals surface area contributed by atoms with E-state index in [1.165, 1.54) is 4.90 Å². The standard InChI is InChI=1S/C23H20N2O4/c1-29-16-6-4-5-15(12-16)24-21(26)17-7-2-3-8-18(17)25-22(27)19-13-9-10-14(11-13)20(19)23(25)28/h2-10,12-14,19-20H,11H2,1H3,(H,24,26)/t13-,14+,19+,20-. The molecular weight excluding hydrogens is 368 g/mol. The molecule has 0 unspecified atom stereocenters. The molecule has 2 aromatic carbocycles. The predicted molar refractivity (Wildman–Crippen MR) is 108 cm³/mol. The van der Waals surface area contributed by atoms with Gasteiger partial charge in [-0.1, -0.05) is 30.4 Å². The lowest BCUT2D eigenvalue weighted by atomic mass is 9.85. The van der Waals surface area contributed by atoms with Crippen LogP contribution in [0, 0.1) is 23.7 Å². The van der Waals surface area contributed by atoms with Crippen LogP contribution in [0.25, 0.3) is 0 Å². The monoisotopic (exact) mass is 388 g/mol. The highest BCUT2D eigenvalue weighted by atomic mass is 16.5. The van der Waals surface area contributed by atoms with Crippen molar-refractivity contribution in [3.63, 3.8) is 0 Å². The summed E-state index contributed by atoms with van der Waals surface area (Å²) >= 11 is 0. The second kappa shape index (κ2) is 6.58. The first-order valence-electron chi connectivity index (χ1n) is 9.69. The lowest BCUT2D eigenvalue weighted by molar-refractivity contribution is -0.123. The first kappa shape index (κ1) is 17.7.